The van der Waals surface area contributed by atoms with Gasteiger partial charge in [0.2, 0.25) is 5.95 Å². The highest BCUT2D eigenvalue weighted by molar-refractivity contribution is 5.45. The summed E-state index contributed by atoms with van der Waals surface area (Å²) in [4.78, 5) is 15.9. The molecule has 3 rings (SSSR count). The van der Waals surface area contributed by atoms with Crippen molar-refractivity contribution in [2.75, 3.05) is 37.0 Å². The number of hydrogen-bond acceptors (Lipinski definition) is 6. The first-order chi connectivity index (χ1) is 11.0. The van der Waals surface area contributed by atoms with E-state index >= 15 is 0 Å². The van der Waals surface area contributed by atoms with Crippen LogP contribution in [0.1, 0.15) is 28.9 Å². The summed E-state index contributed by atoms with van der Waals surface area (Å²) in [5.74, 6) is 0.775. The summed E-state index contributed by atoms with van der Waals surface area (Å²) in [7, 11) is 1.91. The zero-order valence-electron chi connectivity index (χ0n) is 14.1. The minimum Gasteiger partial charge on any atom is -0.388 e. The van der Waals surface area contributed by atoms with Crippen molar-refractivity contribution in [2.45, 2.75) is 26.9 Å². The fourth-order valence-corrected chi connectivity index (χ4v) is 2.86. The Morgan fingerprint density at radius 2 is 1.74 bits per heavy atom. The van der Waals surface area contributed by atoms with E-state index in [0.29, 0.717) is 13.2 Å². The third-order valence-corrected chi connectivity index (χ3v) is 3.91. The third-order valence-electron chi connectivity index (χ3n) is 3.91. The van der Waals surface area contributed by atoms with Crippen LogP contribution in [-0.4, -0.2) is 41.7 Å². The third kappa shape index (κ3) is 3.59. The normalized spacial score (nSPS) is 18.1. The second kappa shape index (κ2) is 6.50. The Morgan fingerprint density at radius 3 is 2.43 bits per heavy atom. The van der Waals surface area contributed by atoms with Gasteiger partial charge in [-0.3, -0.25) is 4.98 Å². The summed E-state index contributed by atoms with van der Waals surface area (Å²) in [6.45, 7) is 8.14. The van der Waals surface area contributed by atoms with Gasteiger partial charge in [0.15, 0.2) is 0 Å². The van der Waals surface area contributed by atoms with Gasteiger partial charge in [0.25, 0.3) is 0 Å². The monoisotopic (exact) mass is 313 g/mol. The molecule has 0 aromatic carbocycles. The molecular formula is C17H23N5O. The highest BCUT2D eigenvalue weighted by Gasteiger charge is 2.25. The SMILES string of the molecule is CNc1cc(C)nc([C@H]2CN(c3nc(C)cc(C)n3)CCO2)c1. The van der Waals surface area contributed by atoms with Gasteiger partial charge in [-0.15, -0.1) is 0 Å². The van der Waals surface area contributed by atoms with Crippen molar-refractivity contribution >= 4 is 11.6 Å². The summed E-state index contributed by atoms with van der Waals surface area (Å²) in [6.07, 6.45) is -0.0693. The maximum absolute atomic E-state index is 5.94. The van der Waals surface area contributed by atoms with E-state index in [0.717, 1.165) is 41.0 Å². The molecule has 6 nitrogen and oxygen atoms in total. The van der Waals surface area contributed by atoms with Crippen LogP contribution in [-0.2, 0) is 4.74 Å². The van der Waals surface area contributed by atoms with E-state index in [1.54, 1.807) is 0 Å². The molecule has 1 atom stereocenters. The van der Waals surface area contributed by atoms with Gasteiger partial charge in [-0.1, -0.05) is 0 Å². The van der Waals surface area contributed by atoms with Gasteiger partial charge in [0.1, 0.15) is 6.10 Å². The summed E-state index contributed by atoms with van der Waals surface area (Å²) in [5, 5.41) is 3.17. The molecule has 2 aromatic heterocycles. The molecule has 1 saturated heterocycles. The van der Waals surface area contributed by atoms with Crippen molar-refractivity contribution in [3.63, 3.8) is 0 Å². The highest BCUT2D eigenvalue weighted by Crippen LogP contribution is 2.25. The predicted octanol–water partition coefficient (Wildman–Crippen LogP) is 2.42. The Balaban J connectivity index is 1.84. The number of aromatic nitrogens is 3. The van der Waals surface area contributed by atoms with Crippen LogP contribution in [0.4, 0.5) is 11.6 Å². The maximum atomic E-state index is 5.94. The molecule has 1 N–H and O–H groups in total. The molecule has 122 valence electrons. The molecule has 0 bridgehead atoms. The topological polar surface area (TPSA) is 63.2 Å². The Hall–Kier alpha value is -2.21. The second-order valence-electron chi connectivity index (χ2n) is 5.93. The second-order valence-corrected chi connectivity index (χ2v) is 5.93. The van der Waals surface area contributed by atoms with E-state index in [1.807, 2.05) is 46.0 Å². The minimum absolute atomic E-state index is 0.0693. The van der Waals surface area contributed by atoms with Crippen LogP contribution in [0.25, 0.3) is 0 Å². The number of morpholine rings is 1. The lowest BCUT2D eigenvalue weighted by Gasteiger charge is -2.33. The van der Waals surface area contributed by atoms with Crippen LogP contribution in [0.3, 0.4) is 0 Å². The van der Waals surface area contributed by atoms with Crippen LogP contribution in [0, 0.1) is 20.8 Å². The molecule has 0 spiro atoms. The van der Waals surface area contributed by atoms with E-state index in [-0.39, 0.29) is 6.10 Å². The molecular weight excluding hydrogens is 290 g/mol. The largest absolute Gasteiger partial charge is 0.388 e. The number of nitrogens with one attached hydrogen (secondary N) is 1. The number of nitrogens with zero attached hydrogens (tertiary/aromatic N) is 4. The zero-order chi connectivity index (χ0) is 16.4. The number of rotatable bonds is 3. The van der Waals surface area contributed by atoms with Gasteiger partial charge in [0, 0.05) is 36.4 Å². The molecule has 0 saturated carbocycles. The lowest BCUT2D eigenvalue weighted by atomic mass is 10.1. The van der Waals surface area contributed by atoms with Crippen molar-refractivity contribution in [2.24, 2.45) is 0 Å². The first kappa shape index (κ1) is 15.7. The molecule has 0 aliphatic carbocycles. The van der Waals surface area contributed by atoms with Gasteiger partial charge in [0.05, 0.1) is 18.8 Å². The van der Waals surface area contributed by atoms with Gasteiger partial charge in [-0.2, -0.15) is 0 Å². The first-order valence-electron chi connectivity index (χ1n) is 7.90. The molecule has 2 aromatic rings. The Labute approximate surface area is 136 Å². The van der Waals surface area contributed by atoms with Crippen molar-refractivity contribution < 1.29 is 4.74 Å². The average Bonchev–Trinajstić information content (AvgIpc) is 2.53. The molecule has 1 aliphatic rings. The van der Waals surface area contributed by atoms with Gasteiger partial charge >= 0.3 is 0 Å². The molecule has 0 radical (unpaired) electrons. The minimum atomic E-state index is -0.0693. The standard InChI is InChI=1S/C17H23N5O/c1-11-7-12(2)21-17(20-11)22-5-6-23-16(10-22)15-9-14(18-4)8-13(3)19-15/h7-9,16H,5-6,10H2,1-4H3,(H,18,19)/t16-/m1/s1. The lowest BCUT2D eigenvalue weighted by molar-refractivity contribution is 0.0364. The van der Waals surface area contributed by atoms with E-state index < -0.39 is 0 Å². The predicted molar refractivity (Wildman–Crippen MR) is 90.9 cm³/mol. The summed E-state index contributed by atoms with van der Waals surface area (Å²) < 4.78 is 5.94. The van der Waals surface area contributed by atoms with Gasteiger partial charge < -0.3 is 15.0 Å². The molecule has 1 aliphatic heterocycles. The Morgan fingerprint density at radius 1 is 1.04 bits per heavy atom. The van der Waals surface area contributed by atoms with Crippen LogP contribution < -0.4 is 10.2 Å². The van der Waals surface area contributed by atoms with E-state index in [1.165, 1.54) is 0 Å². The number of ether oxygens (including phenoxy) is 1. The maximum Gasteiger partial charge on any atom is 0.225 e. The van der Waals surface area contributed by atoms with Gasteiger partial charge in [-0.25, -0.2) is 9.97 Å². The molecule has 1 fully saturated rings. The van der Waals surface area contributed by atoms with Crippen molar-refractivity contribution in [1.82, 2.24) is 15.0 Å². The molecule has 3 heterocycles. The number of pyridine rings is 1. The van der Waals surface area contributed by atoms with Crippen LogP contribution >= 0.6 is 0 Å². The summed E-state index contributed by atoms with van der Waals surface area (Å²) >= 11 is 0. The Kier molecular flexibility index (Phi) is 4.43. The molecule has 23 heavy (non-hydrogen) atoms. The van der Waals surface area contributed by atoms with E-state index in [9.17, 15) is 0 Å². The molecule has 6 heteroatoms. The number of anilines is 2. The molecule has 0 amide bonds. The van der Waals surface area contributed by atoms with E-state index in [2.05, 4.69) is 25.2 Å². The molecule has 0 unspecified atom stereocenters. The fourth-order valence-electron chi connectivity index (χ4n) is 2.86. The van der Waals surface area contributed by atoms with Crippen molar-refractivity contribution in [3.8, 4) is 0 Å². The van der Waals surface area contributed by atoms with Gasteiger partial charge in [-0.05, 0) is 39.0 Å². The quantitative estimate of drug-likeness (QED) is 0.939. The number of hydrogen-bond donors (Lipinski definition) is 1. The van der Waals surface area contributed by atoms with Crippen LogP contribution in [0.5, 0.6) is 0 Å². The zero-order valence-corrected chi connectivity index (χ0v) is 14.1. The highest BCUT2D eigenvalue weighted by atomic mass is 16.5. The summed E-state index contributed by atoms with van der Waals surface area (Å²) in [6, 6.07) is 6.06. The van der Waals surface area contributed by atoms with Crippen molar-refractivity contribution in [3.05, 3.63) is 41.0 Å². The fraction of sp³-hybridized carbons (Fsp3) is 0.471. The Bertz CT molecular complexity index is 683. The average molecular weight is 313 g/mol. The van der Waals surface area contributed by atoms with E-state index in [4.69, 9.17) is 4.74 Å². The first-order valence-corrected chi connectivity index (χ1v) is 7.90. The summed E-state index contributed by atoms with van der Waals surface area (Å²) in [5.41, 5.74) is 4.96. The smallest absolute Gasteiger partial charge is 0.225 e. The van der Waals surface area contributed by atoms with Crippen molar-refractivity contribution in [1.29, 1.82) is 0 Å². The number of aryl methyl sites for hydroxylation is 3. The van der Waals surface area contributed by atoms with Crippen LogP contribution in [0.2, 0.25) is 0 Å². The van der Waals surface area contributed by atoms with Crippen LogP contribution in [0.15, 0.2) is 18.2 Å². The lowest BCUT2D eigenvalue weighted by Crippen LogP contribution is -2.39.